The van der Waals surface area contributed by atoms with Crippen molar-refractivity contribution >= 4 is 22.4 Å². The summed E-state index contributed by atoms with van der Waals surface area (Å²) in [5, 5.41) is 12.4. The Balaban J connectivity index is 2.55. The van der Waals surface area contributed by atoms with Crippen LogP contribution in [0.25, 0.3) is 10.4 Å². The first kappa shape index (κ1) is 10.6. The van der Waals surface area contributed by atoms with E-state index in [9.17, 15) is 4.79 Å². The van der Waals surface area contributed by atoms with Crippen molar-refractivity contribution in [1.82, 2.24) is 9.97 Å². The zero-order chi connectivity index (χ0) is 11.5. The van der Waals surface area contributed by atoms with Crippen molar-refractivity contribution in [2.24, 2.45) is 0 Å². The van der Waals surface area contributed by atoms with Gasteiger partial charge in [0, 0.05) is 25.0 Å². The Morgan fingerprint density at radius 2 is 2.38 bits per heavy atom. The van der Waals surface area contributed by atoms with Gasteiger partial charge in [-0.15, -0.1) is 0 Å². The maximum atomic E-state index is 11.0. The Kier molecular flexibility index (Phi) is 2.82. The lowest BCUT2D eigenvalue weighted by molar-refractivity contribution is 0.0692. The van der Waals surface area contributed by atoms with Gasteiger partial charge in [-0.3, -0.25) is 4.98 Å². The average molecular weight is 235 g/mol. The van der Waals surface area contributed by atoms with Crippen LogP contribution in [0, 0.1) is 0 Å². The summed E-state index contributed by atoms with van der Waals surface area (Å²) >= 11 is 1.30. The van der Waals surface area contributed by atoms with Crippen LogP contribution in [0.4, 0.5) is 5.13 Å². The van der Waals surface area contributed by atoms with Crippen molar-refractivity contribution in [2.75, 3.05) is 12.4 Å². The van der Waals surface area contributed by atoms with E-state index in [0.717, 1.165) is 5.56 Å². The molecule has 0 radical (unpaired) electrons. The van der Waals surface area contributed by atoms with Gasteiger partial charge in [0.25, 0.3) is 0 Å². The van der Waals surface area contributed by atoms with Gasteiger partial charge in [0.15, 0.2) is 10.8 Å². The van der Waals surface area contributed by atoms with Crippen LogP contribution in [0.3, 0.4) is 0 Å². The normalized spacial score (nSPS) is 10.1. The second kappa shape index (κ2) is 4.28. The molecule has 0 aliphatic carbocycles. The summed E-state index contributed by atoms with van der Waals surface area (Å²) in [4.78, 5) is 19.6. The first-order chi connectivity index (χ1) is 7.72. The number of carboxylic acid groups (broad SMARTS) is 1. The number of thiazole rings is 1. The summed E-state index contributed by atoms with van der Waals surface area (Å²) in [6.45, 7) is 0. The molecule has 0 spiro atoms. The summed E-state index contributed by atoms with van der Waals surface area (Å²) < 4.78 is 0. The van der Waals surface area contributed by atoms with Crippen molar-refractivity contribution in [3.63, 3.8) is 0 Å². The summed E-state index contributed by atoms with van der Waals surface area (Å²) in [6.07, 6.45) is 3.27. The van der Waals surface area contributed by atoms with Gasteiger partial charge < -0.3 is 10.4 Å². The third-order valence-corrected chi connectivity index (χ3v) is 3.09. The molecule has 6 heteroatoms. The third kappa shape index (κ3) is 1.87. The van der Waals surface area contributed by atoms with E-state index in [0.29, 0.717) is 10.0 Å². The van der Waals surface area contributed by atoms with Crippen LogP contribution in [0.5, 0.6) is 0 Å². The lowest BCUT2D eigenvalue weighted by Crippen LogP contribution is -1.99. The molecule has 82 valence electrons. The van der Waals surface area contributed by atoms with Gasteiger partial charge in [0.2, 0.25) is 0 Å². The number of nitrogens with zero attached hydrogens (tertiary/aromatic N) is 2. The minimum atomic E-state index is -1.03. The van der Waals surface area contributed by atoms with Crippen molar-refractivity contribution in [2.45, 2.75) is 0 Å². The Morgan fingerprint density at radius 1 is 1.56 bits per heavy atom. The van der Waals surface area contributed by atoms with Crippen LogP contribution >= 0.6 is 11.3 Å². The molecule has 2 aromatic heterocycles. The lowest BCUT2D eigenvalue weighted by atomic mass is 10.2. The summed E-state index contributed by atoms with van der Waals surface area (Å²) in [5.74, 6) is -1.03. The van der Waals surface area contributed by atoms with E-state index in [1.165, 1.54) is 11.3 Å². The fourth-order valence-electron chi connectivity index (χ4n) is 1.26. The van der Waals surface area contributed by atoms with Crippen molar-refractivity contribution in [1.29, 1.82) is 0 Å². The second-order valence-corrected chi connectivity index (χ2v) is 3.99. The second-order valence-electron chi connectivity index (χ2n) is 2.99. The molecule has 2 aromatic rings. The van der Waals surface area contributed by atoms with E-state index in [1.54, 1.807) is 25.5 Å². The molecule has 2 rings (SSSR count). The maximum absolute atomic E-state index is 11.0. The lowest BCUT2D eigenvalue weighted by Gasteiger charge is -1.96. The van der Waals surface area contributed by atoms with Gasteiger partial charge in [-0.25, -0.2) is 9.78 Å². The minimum Gasteiger partial charge on any atom is -0.476 e. The molecular weight excluding hydrogens is 226 g/mol. The Hall–Kier alpha value is -1.95. The minimum absolute atomic E-state index is 0.0577. The molecule has 5 nitrogen and oxygen atoms in total. The number of nitrogens with one attached hydrogen (secondary N) is 1. The van der Waals surface area contributed by atoms with Crippen LogP contribution in [0.2, 0.25) is 0 Å². The maximum Gasteiger partial charge on any atom is 0.356 e. The molecule has 0 saturated heterocycles. The molecule has 16 heavy (non-hydrogen) atoms. The number of carboxylic acids is 1. The standard InChI is InChI=1S/C10H9N3O2S/c1-11-10-13-7(9(14)15)8(16-10)6-3-2-4-12-5-6/h2-5H,1H3,(H,11,13)(H,14,15). The molecule has 2 N–H and O–H groups in total. The van der Waals surface area contributed by atoms with Crippen molar-refractivity contribution < 1.29 is 9.90 Å². The highest BCUT2D eigenvalue weighted by Gasteiger charge is 2.18. The Morgan fingerprint density at radius 3 is 2.94 bits per heavy atom. The van der Waals surface area contributed by atoms with E-state index in [1.807, 2.05) is 6.07 Å². The summed E-state index contributed by atoms with van der Waals surface area (Å²) in [5.41, 5.74) is 0.821. The zero-order valence-corrected chi connectivity index (χ0v) is 9.28. The molecule has 0 amide bonds. The van der Waals surface area contributed by atoms with Gasteiger partial charge in [0.1, 0.15) is 0 Å². The molecule has 0 fully saturated rings. The molecule has 0 atom stereocenters. The smallest absolute Gasteiger partial charge is 0.356 e. The van der Waals surface area contributed by atoms with Crippen LogP contribution in [0.1, 0.15) is 10.5 Å². The van der Waals surface area contributed by atoms with Gasteiger partial charge >= 0.3 is 5.97 Å². The molecule has 0 unspecified atom stereocenters. The van der Waals surface area contributed by atoms with E-state index in [4.69, 9.17) is 5.11 Å². The number of carbonyl (C=O) groups is 1. The molecule has 2 heterocycles. The number of rotatable bonds is 3. The van der Waals surface area contributed by atoms with Gasteiger partial charge in [-0.2, -0.15) is 0 Å². The average Bonchev–Trinajstić information content (AvgIpc) is 2.74. The molecule has 0 saturated carbocycles. The van der Waals surface area contributed by atoms with E-state index >= 15 is 0 Å². The molecular formula is C10H9N3O2S. The SMILES string of the molecule is CNc1nc(C(=O)O)c(-c2cccnc2)s1. The highest BCUT2D eigenvalue weighted by atomic mass is 32.1. The molecule has 0 aliphatic heterocycles. The van der Waals surface area contributed by atoms with Crippen LogP contribution in [-0.4, -0.2) is 28.1 Å². The first-order valence-electron chi connectivity index (χ1n) is 4.54. The largest absolute Gasteiger partial charge is 0.476 e. The van der Waals surface area contributed by atoms with Crippen molar-refractivity contribution in [3.05, 3.63) is 30.2 Å². The summed E-state index contributed by atoms with van der Waals surface area (Å²) in [7, 11) is 1.71. The number of hydrogen-bond acceptors (Lipinski definition) is 5. The Bertz CT molecular complexity index is 510. The molecule has 0 aliphatic rings. The highest BCUT2D eigenvalue weighted by molar-refractivity contribution is 7.19. The van der Waals surface area contributed by atoms with Crippen LogP contribution in [-0.2, 0) is 0 Å². The van der Waals surface area contributed by atoms with Gasteiger partial charge in [-0.05, 0) is 6.07 Å². The van der Waals surface area contributed by atoms with Gasteiger partial charge in [-0.1, -0.05) is 17.4 Å². The highest BCUT2D eigenvalue weighted by Crippen LogP contribution is 2.32. The Labute approximate surface area is 95.8 Å². The quantitative estimate of drug-likeness (QED) is 0.850. The monoisotopic (exact) mass is 235 g/mol. The third-order valence-electron chi connectivity index (χ3n) is 1.97. The molecule has 0 aromatic carbocycles. The number of anilines is 1. The van der Waals surface area contributed by atoms with E-state index in [-0.39, 0.29) is 5.69 Å². The predicted molar refractivity (Wildman–Crippen MR) is 61.9 cm³/mol. The first-order valence-corrected chi connectivity index (χ1v) is 5.36. The number of hydrogen-bond donors (Lipinski definition) is 2. The fraction of sp³-hybridized carbons (Fsp3) is 0.100. The zero-order valence-electron chi connectivity index (χ0n) is 8.47. The van der Waals surface area contributed by atoms with Crippen LogP contribution in [0.15, 0.2) is 24.5 Å². The summed E-state index contributed by atoms with van der Waals surface area (Å²) in [6, 6.07) is 3.58. The fourth-order valence-corrected chi connectivity index (χ4v) is 2.17. The molecule has 0 bridgehead atoms. The number of aromatic nitrogens is 2. The van der Waals surface area contributed by atoms with Crippen LogP contribution < -0.4 is 5.32 Å². The number of aromatic carboxylic acids is 1. The topological polar surface area (TPSA) is 75.1 Å². The van der Waals surface area contributed by atoms with E-state index in [2.05, 4.69) is 15.3 Å². The predicted octanol–water partition coefficient (Wildman–Crippen LogP) is 1.94. The van der Waals surface area contributed by atoms with Gasteiger partial charge in [0.05, 0.1) is 4.88 Å². The van der Waals surface area contributed by atoms with E-state index < -0.39 is 5.97 Å². The number of pyridine rings is 1. The van der Waals surface area contributed by atoms with Crippen molar-refractivity contribution in [3.8, 4) is 10.4 Å².